The molecule has 6 nitrogen and oxygen atoms in total. The van der Waals surface area contributed by atoms with Gasteiger partial charge in [0.05, 0.1) is 5.56 Å². The van der Waals surface area contributed by atoms with Crippen molar-refractivity contribution in [1.29, 1.82) is 0 Å². The highest BCUT2D eigenvalue weighted by Crippen LogP contribution is 2.28. The quantitative estimate of drug-likeness (QED) is 0.716. The average molecular weight is 360 g/mol. The Morgan fingerprint density at radius 2 is 2.04 bits per heavy atom. The second-order valence-electron chi connectivity index (χ2n) is 6.76. The van der Waals surface area contributed by atoms with Crippen LogP contribution in [0.25, 0.3) is 0 Å². The number of carbonyl (C=O) groups excluding carboxylic acids is 1. The number of nitrogens with one attached hydrogen (secondary N) is 2. The smallest absolute Gasteiger partial charge is 0.255 e. The van der Waals surface area contributed by atoms with Gasteiger partial charge in [0.15, 0.2) is 4.77 Å². The van der Waals surface area contributed by atoms with Gasteiger partial charge in [0.25, 0.3) is 5.91 Å². The zero-order chi connectivity index (χ0) is 18.0. The first kappa shape index (κ1) is 17.7. The SMILES string of the molecule is CC(C)n1c(CCNC(=O)c2cc3c(cc2O)CCCC3)n[nH]c1=S. The molecule has 1 aliphatic carbocycles. The van der Waals surface area contributed by atoms with Crippen LogP contribution in [0.5, 0.6) is 5.75 Å². The number of amides is 1. The highest BCUT2D eigenvalue weighted by molar-refractivity contribution is 7.71. The lowest BCUT2D eigenvalue weighted by Crippen LogP contribution is -2.27. The van der Waals surface area contributed by atoms with Gasteiger partial charge in [-0.1, -0.05) is 0 Å². The lowest BCUT2D eigenvalue weighted by Gasteiger charge is -2.17. The molecule has 0 saturated carbocycles. The number of rotatable bonds is 5. The van der Waals surface area contributed by atoms with Crippen LogP contribution in [0, 0.1) is 4.77 Å². The molecule has 7 heteroatoms. The van der Waals surface area contributed by atoms with Gasteiger partial charge in [-0.15, -0.1) is 0 Å². The predicted octanol–water partition coefficient (Wildman–Crippen LogP) is 3.08. The van der Waals surface area contributed by atoms with Gasteiger partial charge in [0, 0.05) is 19.0 Å². The van der Waals surface area contributed by atoms with Crippen LogP contribution in [0.4, 0.5) is 0 Å². The van der Waals surface area contributed by atoms with E-state index in [4.69, 9.17) is 12.2 Å². The van der Waals surface area contributed by atoms with E-state index in [-0.39, 0.29) is 17.7 Å². The van der Waals surface area contributed by atoms with Gasteiger partial charge >= 0.3 is 0 Å². The number of nitrogens with zero attached hydrogens (tertiary/aromatic N) is 2. The van der Waals surface area contributed by atoms with Crippen molar-refractivity contribution in [2.45, 2.75) is 52.0 Å². The fourth-order valence-corrected chi connectivity index (χ4v) is 3.75. The van der Waals surface area contributed by atoms with Crippen LogP contribution in [0.2, 0.25) is 0 Å². The molecule has 134 valence electrons. The van der Waals surface area contributed by atoms with E-state index >= 15 is 0 Å². The van der Waals surface area contributed by atoms with Crippen molar-refractivity contribution < 1.29 is 9.90 Å². The first-order valence-electron chi connectivity index (χ1n) is 8.76. The fraction of sp³-hybridized carbons (Fsp3) is 0.500. The summed E-state index contributed by atoms with van der Waals surface area (Å²) in [5.41, 5.74) is 2.69. The van der Waals surface area contributed by atoms with Gasteiger partial charge in [0.1, 0.15) is 11.6 Å². The Morgan fingerprint density at radius 1 is 1.36 bits per heavy atom. The normalized spacial score (nSPS) is 13.7. The van der Waals surface area contributed by atoms with Crippen molar-refractivity contribution in [2.75, 3.05) is 6.54 Å². The lowest BCUT2D eigenvalue weighted by molar-refractivity contribution is 0.0951. The largest absolute Gasteiger partial charge is 0.507 e. The third-order valence-electron chi connectivity index (χ3n) is 4.63. The number of aromatic amines is 1. The molecule has 0 bridgehead atoms. The average Bonchev–Trinajstić information content (AvgIpc) is 2.95. The van der Waals surface area contributed by atoms with Crippen LogP contribution >= 0.6 is 12.2 Å². The molecule has 1 aromatic heterocycles. The number of aromatic nitrogens is 3. The number of aryl methyl sites for hydroxylation is 2. The number of phenolic OH excluding ortho intramolecular Hbond substituents is 1. The standard InChI is InChI=1S/C18H24N4O2S/c1-11(2)22-16(20-21-18(22)25)7-8-19-17(24)14-9-12-5-3-4-6-13(12)10-15(14)23/h9-11,23H,3-8H2,1-2H3,(H,19,24)(H,21,25). The molecule has 1 aromatic carbocycles. The second-order valence-corrected chi connectivity index (χ2v) is 7.15. The number of hydrogen-bond acceptors (Lipinski definition) is 4. The molecule has 2 aromatic rings. The van der Waals surface area contributed by atoms with Crippen molar-refractivity contribution in [3.63, 3.8) is 0 Å². The Labute approximate surface area is 152 Å². The Bertz CT molecular complexity index is 838. The minimum Gasteiger partial charge on any atom is -0.507 e. The number of carbonyl (C=O) groups is 1. The Hall–Kier alpha value is -2.15. The molecular weight excluding hydrogens is 336 g/mol. The Kier molecular flexibility index (Phi) is 5.22. The summed E-state index contributed by atoms with van der Waals surface area (Å²) in [6.45, 7) is 4.51. The predicted molar refractivity (Wildman–Crippen MR) is 98.6 cm³/mol. The van der Waals surface area contributed by atoms with Gasteiger partial charge in [-0.2, -0.15) is 5.10 Å². The van der Waals surface area contributed by atoms with Gasteiger partial charge in [-0.25, -0.2) is 0 Å². The zero-order valence-electron chi connectivity index (χ0n) is 14.6. The number of hydrogen-bond donors (Lipinski definition) is 3. The summed E-state index contributed by atoms with van der Waals surface area (Å²) in [6.07, 6.45) is 4.80. The fourth-order valence-electron chi connectivity index (χ4n) is 3.38. The van der Waals surface area contributed by atoms with Crippen molar-refractivity contribution in [3.05, 3.63) is 39.4 Å². The summed E-state index contributed by atoms with van der Waals surface area (Å²) in [7, 11) is 0. The van der Waals surface area contributed by atoms with Crippen molar-refractivity contribution >= 4 is 18.1 Å². The molecule has 0 unspecified atom stereocenters. The van der Waals surface area contributed by atoms with Crippen LogP contribution in [0.15, 0.2) is 12.1 Å². The molecule has 0 radical (unpaired) electrons. The van der Waals surface area contributed by atoms with Crippen LogP contribution in [0.3, 0.4) is 0 Å². The molecule has 0 aliphatic heterocycles. The first-order chi connectivity index (χ1) is 12.0. The van der Waals surface area contributed by atoms with Gasteiger partial charge in [-0.3, -0.25) is 9.89 Å². The maximum Gasteiger partial charge on any atom is 0.255 e. The number of fused-ring (bicyclic) bond motifs is 1. The zero-order valence-corrected chi connectivity index (χ0v) is 15.4. The van der Waals surface area contributed by atoms with Gasteiger partial charge in [-0.05, 0) is 75.0 Å². The summed E-state index contributed by atoms with van der Waals surface area (Å²) in [4.78, 5) is 12.4. The summed E-state index contributed by atoms with van der Waals surface area (Å²) in [5, 5.41) is 20.1. The molecule has 25 heavy (non-hydrogen) atoms. The Balaban J connectivity index is 1.66. The Morgan fingerprint density at radius 3 is 2.72 bits per heavy atom. The molecule has 0 saturated heterocycles. The van der Waals surface area contributed by atoms with E-state index < -0.39 is 0 Å². The monoisotopic (exact) mass is 360 g/mol. The van der Waals surface area contributed by atoms with Gasteiger partial charge in [0.2, 0.25) is 0 Å². The van der Waals surface area contributed by atoms with Crippen LogP contribution < -0.4 is 5.32 Å². The number of H-pyrrole nitrogens is 1. The molecule has 0 spiro atoms. The van der Waals surface area contributed by atoms with Crippen LogP contribution in [-0.2, 0) is 19.3 Å². The molecule has 0 atom stereocenters. The molecule has 1 amide bonds. The third kappa shape index (κ3) is 3.76. The van der Waals surface area contributed by atoms with E-state index in [0.717, 1.165) is 37.1 Å². The highest BCUT2D eigenvalue weighted by atomic mass is 32.1. The number of aromatic hydroxyl groups is 1. The number of benzene rings is 1. The first-order valence-corrected chi connectivity index (χ1v) is 9.17. The van der Waals surface area contributed by atoms with E-state index in [1.165, 1.54) is 5.56 Å². The van der Waals surface area contributed by atoms with Crippen LogP contribution in [-0.4, -0.2) is 32.3 Å². The minimum atomic E-state index is -0.254. The molecule has 1 heterocycles. The maximum absolute atomic E-state index is 12.4. The molecular formula is C18H24N4O2S. The molecule has 3 N–H and O–H groups in total. The van der Waals surface area contributed by atoms with E-state index in [1.807, 2.05) is 24.5 Å². The minimum absolute atomic E-state index is 0.0583. The lowest BCUT2D eigenvalue weighted by atomic mass is 9.90. The topological polar surface area (TPSA) is 82.9 Å². The summed E-state index contributed by atoms with van der Waals surface area (Å²) in [6, 6.07) is 3.79. The summed E-state index contributed by atoms with van der Waals surface area (Å²) >= 11 is 5.23. The van der Waals surface area contributed by atoms with Crippen molar-refractivity contribution in [2.24, 2.45) is 0 Å². The molecule has 1 aliphatic rings. The van der Waals surface area contributed by atoms with Crippen molar-refractivity contribution in [1.82, 2.24) is 20.1 Å². The highest BCUT2D eigenvalue weighted by Gasteiger charge is 2.17. The summed E-state index contributed by atoms with van der Waals surface area (Å²) in [5.74, 6) is 0.620. The van der Waals surface area contributed by atoms with E-state index in [0.29, 0.717) is 23.3 Å². The van der Waals surface area contributed by atoms with E-state index in [9.17, 15) is 9.90 Å². The number of phenols is 1. The van der Waals surface area contributed by atoms with E-state index in [1.54, 1.807) is 6.07 Å². The van der Waals surface area contributed by atoms with E-state index in [2.05, 4.69) is 15.5 Å². The van der Waals surface area contributed by atoms with Crippen LogP contribution in [0.1, 0.15) is 60.0 Å². The maximum atomic E-state index is 12.4. The molecule has 0 fully saturated rings. The van der Waals surface area contributed by atoms with Gasteiger partial charge < -0.3 is 15.0 Å². The second kappa shape index (κ2) is 7.39. The van der Waals surface area contributed by atoms with Crippen molar-refractivity contribution in [3.8, 4) is 5.75 Å². The third-order valence-corrected chi connectivity index (χ3v) is 4.92. The summed E-state index contributed by atoms with van der Waals surface area (Å²) < 4.78 is 2.53. The molecule has 3 rings (SSSR count).